The molecule has 0 bridgehead atoms. The number of hydrogen-bond donors (Lipinski definition) is 1. The van der Waals surface area contributed by atoms with Crippen LogP contribution in [-0.4, -0.2) is 21.1 Å². The van der Waals surface area contributed by atoms with E-state index in [4.69, 9.17) is 17.3 Å². The highest BCUT2D eigenvalue weighted by Crippen LogP contribution is 2.38. The van der Waals surface area contributed by atoms with Gasteiger partial charge in [-0.2, -0.15) is 0 Å². The summed E-state index contributed by atoms with van der Waals surface area (Å²) >= 11 is 6.79. The number of thioether (sulfide) groups is 1. The summed E-state index contributed by atoms with van der Waals surface area (Å²) in [5.74, 6) is -2.57. The predicted octanol–water partition coefficient (Wildman–Crippen LogP) is 6.96. The van der Waals surface area contributed by atoms with Gasteiger partial charge in [0.05, 0.1) is 15.0 Å². The number of halogens is 2. The lowest BCUT2D eigenvalue weighted by molar-refractivity contribution is -0.137. The zero-order valence-electron chi connectivity index (χ0n) is 17.8. The zero-order chi connectivity index (χ0) is 23.0. The molecule has 0 aliphatic carbocycles. The summed E-state index contributed by atoms with van der Waals surface area (Å²) in [7, 11) is 0. The maximum absolute atomic E-state index is 13.4. The highest BCUT2D eigenvalue weighted by Gasteiger charge is 2.34. The van der Waals surface area contributed by atoms with Gasteiger partial charge >= 0.3 is 5.97 Å². The average Bonchev–Trinajstić information content (AvgIpc) is 2.97. The highest BCUT2D eigenvalue weighted by molar-refractivity contribution is 8.27. The summed E-state index contributed by atoms with van der Waals surface area (Å²) in [6, 6.07) is 3.86. The monoisotopic (exact) mass is 466 g/mol. The number of rotatable bonds is 11. The van der Waals surface area contributed by atoms with Crippen LogP contribution in [0.15, 0.2) is 35.3 Å². The topological polar surface area (TPSA) is 54.4 Å². The van der Waals surface area contributed by atoms with Gasteiger partial charge in [-0.1, -0.05) is 68.4 Å². The molecule has 1 N–H and O–H groups in total. The third-order valence-corrected chi connectivity index (χ3v) is 6.87. The van der Waals surface area contributed by atoms with E-state index in [1.54, 1.807) is 6.07 Å². The Kier molecular flexibility index (Phi) is 10.0. The normalized spacial score (nSPS) is 19.3. The van der Waals surface area contributed by atoms with Crippen molar-refractivity contribution in [2.24, 2.45) is 11.8 Å². The molecule has 0 radical (unpaired) electrons. The number of carbonyl (C=O) groups excluding carboxylic acids is 1. The van der Waals surface area contributed by atoms with Crippen LogP contribution in [0.1, 0.15) is 64.4 Å². The lowest BCUT2D eigenvalue weighted by Crippen LogP contribution is -2.13. The van der Waals surface area contributed by atoms with Crippen molar-refractivity contribution >= 4 is 45.5 Å². The predicted molar refractivity (Wildman–Crippen MR) is 126 cm³/mol. The summed E-state index contributed by atoms with van der Waals surface area (Å²) < 4.78 is 27.2. The number of thiocarbonyl (C=S) groups is 1. The number of ketones is 1. The largest absolute Gasteiger partial charge is 0.481 e. The molecule has 3 nitrogen and oxygen atoms in total. The van der Waals surface area contributed by atoms with Crippen molar-refractivity contribution in [2.45, 2.75) is 58.8 Å². The molecule has 1 aromatic carbocycles. The summed E-state index contributed by atoms with van der Waals surface area (Å²) in [4.78, 5) is 24.0. The minimum atomic E-state index is -0.866. The second kappa shape index (κ2) is 12.2. The van der Waals surface area contributed by atoms with Crippen molar-refractivity contribution in [2.75, 3.05) is 0 Å². The van der Waals surface area contributed by atoms with Crippen LogP contribution in [0.4, 0.5) is 8.78 Å². The Bertz CT molecular complexity index is 893. The van der Waals surface area contributed by atoms with E-state index in [9.17, 15) is 18.4 Å². The lowest BCUT2D eigenvalue weighted by atomic mass is 9.96. The van der Waals surface area contributed by atoms with Gasteiger partial charge < -0.3 is 5.11 Å². The lowest BCUT2D eigenvalue weighted by Gasteiger charge is -2.08. The van der Waals surface area contributed by atoms with Crippen molar-refractivity contribution in [3.8, 4) is 0 Å². The van der Waals surface area contributed by atoms with Crippen LogP contribution in [0.3, 0.4) is 0 Å². The number of hydrogen-bond acceptors (Lipinski definition) is 4. The molecule has 1 aliphatic heterocycles. The number of aliphatic carboxylic acids is 1. The first kappa shape index (κ1) is 25.4. The summed E-state index contributed by atoms with van der Waals surface area (Å²) in [6.45, 7) is 3.86. The van der Waals surface area contributed by atoms with Crippen LogP contribution in [0.25, 0.3) is 5.57 Å². The third kappa shape index (κ3) is 7.96. The maximum Gasteiger partial charge on any atom is 0.303 e. The molecule has 1 fully saturated rings. The molecular weight excluding hydrogens is 438 g/mol. The molecule has 0 spiro atoms. The summed E-state index contributed by atoms with van der Waals surface area (Å²) in [5, 5.41) is 8.66. The molecule has 7 heteroatoms. The van der Waals surface area contributed by atoms with E-state index < -0.39 is 17.6 Å². The fourth-order valence-corrected chi connectivity index (χ4v) is 5.02. The van der Waals surface area contributed by atoms with Gasteiger partial charge in [0.1, 0.15) is 0 Å². The number of carboxylic acid groups (broad SMARTS) is 1. The minimum Gasteiger partial charge on any atom is -0.481 e. The quantitative estimate of drug-likeness (QED) is 0.217. The number of Topliss-reactive ketones (excluding diaryl/α,β-unsaturated/α-hetero) is 1. The fourth-order valence-electron chi connectivity index (χ4n) is 3.40. The van der Waals surface area contributed by atoms with Crippen molar-refractivity contribution in [3.63, 3.8) is 0 Å². The van der Waals surface area contributed by atoms with E-state index in [1.165, 1.54) is 17.8 Å². The molecule has 1 aromatic rings. The van der Waals surface area contributed by atoms with E-state index in [1.807, 2.05) is 26.0 Å². The molecule has 31 heavy (non-hydrogen) atoms. The molecule has 2 atom stereocenters. The van der Waals surface area contributed by atoms with Crippen LogP contribution < -0.4 is 0 Å². The van der Waals surface area contributed by atoms with Gasteiger partial charge in [-0.25, -0.2) is 8.78 Å². The van der Waals surface area contributed by atoms with Crippen LogP contribution in [0.2, 0.25) is 0 Å². The molecule has 2 rings (SSSR count). The number of benzene rings is 1. The van der Waals surface area contributed by atoms with Crippen molar-refractivity contribution in [1.82, 2.24) is 0 Å². The van der Waals surface area contributed by atoms with Gasteiger partial charge in [0.2, 0.25) is 0 Å². The van der Waals surface area contributed by atoms with E-state index in [2.05, 4.69) is 0 Å². The average molecular weight is 467 g/mol. The standard InChI is InChI=1S/C24H28F2O3S2/c1-15(9-10-16(2)17-11-12-19(25)20(26)14-17)13-21-23(29)18(24(30)31-21)7-5-3-4-6-8-22(27)28/h10-15,18H,3-9H2,1-2H3,(H,27,28)/b16-10+,21-13-. The highest BCUT2D eigenvalue weighted by atomic mass is 32.2. The molecule has 2 unspecified atom stereocenters. The van der Waals surface area contributed by atoms with Crippen LogP contribution in [0.5, 0.6) is 0 Å². The first-order chi connectivity index (χ1) is 14.7. The maximum atomic E-state index is 13.4. The van der Waals surface area contributed by atoms with E-state index in [-0.39, 0.29) is 24.0 Å². The van der Waals surface area contributed by atoms with Crippen molar-refractivity contribution < 1.29 is 23.5 Å². The number of unbranched alkanes of at least 4 members (excludes halogenated alkanes) is 3. The van der Waals surface area contributed by atoms with Gasteiger partial charge in [0.25, 0.3) is 0 Å². The number of allylic oxidation sites excluding steroid dienone is 4. The summed E-state index contributed by atoms with van der Waals surface area (Å²) in [6.07, 6.45) is 8.73. The molecule has 1 saturated heterocycles. The Balaban J connectivity index is 1.87. The first-order valence-electron chi connectivity index (χ1n) is 10.5. The van der Waals surface area contributed by atoms with Crippen LogP contribution in [0, 0.1) is 23.5 Å². The molecule has 1 heterocycles. The van der Waals surface area contributed by atoms with Gasteiger partial charge in [-0.15, -0.1) is 0 Å². The molecule has 0 aromatic heterocycles. The molecular formula is C24H28F2O3S2. The van der Waals surface area contributed by atoms with Gasteiger partial charge in [-0.05, 0) is 55.4 Å². The van der Waals surface area contributed by atoms with E-state index in [0.717, 1.165) is 30.9 Å². The molecule has 1 aliphatic rings. The zero-order valence-corrected chi connectivity index (χ0v) is 19.5. The van der Waals surface area contributed by atoms with E-state index >= 15 is 0 Å². The number of carboxylic acids is 1. The van der Waals surface area contributed by atoms with E-state index in [0.29, 0.717) is 33.9 Å². The van der Waals surface area contributed by atoms with Crippen molar-refractivity contribution in [3.05, 3.63) is 52.5 Å². The SMILES string of the molecule is C/C(=C\CC(C)/C=C1\SC(=S)C(CCCCCCC(=O)O)C1=O)c1ccc(F)c(F)c1. The van der Waals surface area contributed by atoms with Gasteiger partial charge in [0.15, 0.2) is 17.4 Å². The number of carbonyl (C=O) groups is 2. The fraction of sp³-hybridized carbons (Fsp3) is 0.458. The molecule has 0 saturated carbocycles. The first-order valence-corrected chi connectivity index (χ1v) is 11.7. The van der Waals surface area contributed by atoms with Crippen LogP contribution in [-0.2, 0) is 9.59 Å². The third-order valence-electron chi connectivity index (χ3n) is 5.29. The Morgan fingerprint density at radius 3 is 2.61 bits per heavy atom. The Hall–Kier alpha value is -1.86. The van der Waals surface area contributed by atoms with Gasteiger partial charge in [0, 0.05) is 6.42 Å². The minimum absolute atomic E-state index is 0.0775. The second-order valence-corrected chi connectivity index (χ2v) is 9.73. The van der Waals surface area contributed by atoms with Crippen LogP contribution >= 0.6 is 24.0 Å². The molecule has 168 valence electrons. The Morgan fingerprint density at radius 2 is 1.94 bits per heavy atom. The summed E-state index contributed by atoms with van der Waals surface area (Å²) in [5.41, 5.74) is 1.49. The van der Waals surface area contributed by atoms with Gasteiger partial charge in [-0.3, -0.25) is 9.59 Å². The second-order valence-electron chi connectivity index (χ2n) is 7.94. The van der Waals surface area contributed by atoms with Crippen molar-refractivity contribution in [1.29, 1.82) is 0 Å². The molecule has 0 amide bonds. The smallest absolute Gasteiger partial charge is 0.303 e. The Morgan fingerprint density at radius 1 is 1.23 bits per heavy atom. The Labute approximate surface area is 192 Å².